The van der Waals surface area contributed by atoms with Crippen LogP contribution >= 0.6 is 7.14 Å². The van der Waals surface area contributed by atoms with Gasteiger partial charge in [-0.05, 0) is 79.5 Å². The quantitative estimate of drug-likeness (QED) is 0.414. The molecule has 0 radical (unpaired) electrons. The minimum atomic E-state index is -2.53. The molecule has 3 N–H and O–H groups in total. The number of aliphatic hydroxyl groups is 1. The van der Waals surface area contributed by atoms with Crippen LogP contribution in [0.2, 0.25) is 0 Å². The molecule has 5 rings (SSSR count). The maximum Gasteiger partial charge on any atom is 0.229 e. The largest absolute Gasteiger partial charge is 0.395 e. The maximum absolute atomic E-state index is 12.4. The van der Waals surface area contributed by atoms with E-state index in [1.165, 1.54) is 29.3 Å². The fourth-order valence-electron chi connectivity index (χ4n) is 5.17. The molecule has 186 valence electrons. The molecule has 0 bridgehead atoms. The minimum Gasteiger partial charge on any atom is -0.395 e. The normalized spacial score (nSPS) is 17.2. The van der Waals surface area contributed by atoms with Gasteiger partial charge in [-0.15, -0.1) is 0 Å². The first kappa shape index (κ1) is 24.4. The van der Waals surface area contributed by atoms with Crippen molar-refractivity contribution in [2.45, 2.75) is 31.7 Å². The van der Waals surface area contributed by atoms with E-state index >= 15 is 0 Å². The van der Waals surface area contributed by atoms with Crippen LogP contribution in [-0.2, 0) is 17.5 Å². The molecule has 1 aromatic carbocycles. The zero-order valence-corrected chi connectivity index (χ0v) is 21.4. The third-order valence-corrected chi connectivity index (χ3v) is 8.10. The average Bonchev–Trinajstić information content (AvgIpc) is 2.84. The molecular formula is C26H30N7O2P. The third kappa shape index (κ3) is 5.12. The Morgan fingerprint density at radius 2 is 2.06 bits per heavy atom. The van der Waals surface area contributed by atoms with Crippen LogP contribution in [0.4, 0.5) is 23.3 Å². The summed E-state index contributed by atoms with van der Waals surface area (Å²) in [6.45, 7) is 6.00. The number of anilines is 4. The topological polar surface area (TPSA) is 127 Å². The Labute approximate surface area is 211 Å². The highest BCUT2D eigenvalue weighted by Gasteiger charge is 2.30. The van der Waals surface area contributed by atoms with Gasteiger partial charge in [-0.2, -0.15) is 10.2 Å². The van der Waals surface area contributed by atoms with Crippen molar-refractivity contribution < 1.29 is 9.67 Å². The van der Waals surface area contributed by atoms with Gasteiger partial charge in [0, 0.05) is 25.3 Å². The molecule has 9 nitrogen and oxygen atoms in total. The summed E-state index contributed by atoms with van der Waals surface area (Å²) in [7, 11) is -2.53. The van der Waals surface area contributed by atoms with Crippen LogP contribution in [0.3, 0.4) is 0 Å². The molecule has 1 aliphatic heterocycles. The lowest BCUT2D eigenvalue weighted by Gasteiger charge is -2.38. The van der Waals surface area contributed by atoms with Crippen LogP contribution in [0.25, 0.3) is 0 Å². The standard InChI is InChI=1S/C26H30N7O2P/c1-36(2,35)23-8-4-7-22(30-23)31-25-20(13-27)14-28-26(32-25)29-21-11-17-5-3-6-18-15-33(9-10-34)16-19(12-21)24(17)18/h4,7-8,11-12,14,18,34H,3,5-6,9-10,15-16H2,1-2H3,(H2,28,29,30,31,32). The van der Waals surface area contributed by atoms with Crippen molar-refractivity contribution in [1.82, 2.24) is 19.9 Å². The van der Waals surface area contributed by atoms with E-state index in [4.69, 9.17) is 0 Å². The second-order valence-corrected chi connectivity index (χ2v) is 13.0. The Balaban J connectivity index is 1.43. The van der Waals surface area contributed by atoms with Crippen molar-refractivity contribution in [3.63, 3.8) is 0 Å². The number of hydrogen-bond donors (Lipinski definition) is 3. The van der Waals surface area contributed by atoms with Gasteiger partial charge in [0.15, 0.2) is 5.82 Å². The number of nitriles is 1. The molecule has 3 heterocycles. The summed E-state index contributed by atoms with van der Waals surface area (Å²) in [6.07, 6.45) is 4.87. The zero-order valence-electron chi connectivity index (χ0n) is 20.5. The molecule has 2 aromatic heterocycles. The Morgan fingerprint density at radius 1 is 1.22 bits per heavy atom. The predicted octanol–water partition coefficient (Wildman–Crippen LogP) is 3.71. The van der Waals surface area contributed by atoms with Gasteiger partial charge in [0.1, 0.15) is 30.0 Å². The Hall–Kier alpha value is -3.31. The van der Waals surface area contributed by atoms with E-state index in [0.717, 1.165) is 31.6 Å². The van der Waals surface area contributed by atoms with E-state index in [1.807, 2.05) is 0 Å². The molecule has 0 saturated carbocycles. The van der Waals surface area contributed by atoms with Crippen molar-refractivity contribution in [3.05, 3.63) is 58.8 Å². The van der Waals surface area contributed by atoms with E-state index in [9.17, 15) is 14.9 Å². The summed E-state index contributed by atoms with van der Waals surface area (Å²) in [6, 6.07) is 11.7. The first-order chi connectivity index (χ1) is 17.3. The first-order valence-electron chi connectivity index (χ1n) is 12.2. The smallest absolute Gasteiger partial charge is 0.229 e. The number of nitrogens with one attached hydrogen (secondary N) is 2. The summed E-state index contributed by atoms with van der Waals surface area (Å²) in [5.74, 6) is 1.68. The number of β-amino-alcohol motifs (C(OH)–C–C–N with tert-alkyl or cyclic N) is 1. The Bertz CT molecular complexity index is 1380. The number of rotatable bonds is 7. The van der Waals surface area contributed by atoms with Crippen molar-refractivity contribution in [3.8, 4) is 6.07 Å². The van der Waals surface area contributed by atoms with Gasteiger partial charge in [0.2, 0.25) is 5.95 Å². The number of pyridine rings is 1. The highest BCUT2D eigenvalue weighted by atomic mass is 31.2. The first-order valence-corrected chi connectivity index (χ1v) is 14.8. The van der Waals surface area contributed by atoms with Gasteiger partial charge in [-0.3, -0.25) is 4.90 Å². The lowest BCUT2D eigenvalue weighted by Crippen LogP contribution is -2.37. The SMILES string of the molecule is CP(C)(=O)c1cccc(Nc2nc(Nc3cc4c5c(c3)CN(CCO)CC5CCC4)ncc2C#N)n1. The molecular weight excluding hydrogens is 473 g/mol. The van der Waals surface area contributed by atoms with Gasteiger partial charge < -0.3 is 20.3 Å². The van der Waals surface area contributed by atoms with Gasteiger partial charge >= 0.3 is 0 Å². The van der Waals surface area contributed by atoms with E-state index < -0.39 is 7.14 Å². The van der Waals surface area contributed by atoms with Gasteiger partial charge in [-0.25, -0.2) is 9.97 Å². The highest BCUT2D eigenvalue weighted by molar-refractivity contribution is 7.69. The molecule has 1 unspecified atom stereocenters. The van der Waals surface area contributed by atoms with Crippen LogP contribution in [0.15, 0.2) is 36.5 Å². The molecule has 0 spiro atoms. The van der Waals surface area contributed by atoms with Crippen molar-refractivity contribution in [1.29, 1.82) is 5.26 Å². The fourth-order valence-corrected chi connectivity index (χ4v) is 5.96. The van der Waals surface area contributed by atoms with Crippen LogP contribution in [-0.4, -0.2) is 58.0 Å². The molecule has 3 aromatic rings. The summed E-state index contributed by atoms with van der Waals surface area (Å²) in [5.41, 5.74) is 5.83. The molecule has 1 aliphatic carbocycles. The molecule has 10 heteroatoms. The monoisotopic (exact) mass is 503 g/mol. The van der Waals surface area contributed by atoms with Crippen molar-refractivity contribution in [2.24, 2.45) is 0 Å². The van der Waals surface area contributed by atoms with E-state index in [1.54, 1.807) is 31.5 Å². The van der Waals surface area contributed by atoms with Gasteiger partial charge in [0.25, 0.3) is 0 Å². The van der Waals surface area contributed by atoms with E-state index in [2.05, 4.69) is 48.7 Å². The second kappa shape index (κ2) is 9.98. The summed E-state index contributed by atoms with van der Waals surface area (Å²) in [5, 5.41) is 25.5. The van der Waals surface area contributed by atoms with Crippen LogP contribution in [0.5, 0.6) is 0 Å². The Morgan fingerprint density at radius 3 is 2.83 bits per heavy atom. The van der Waals surface area contributed by atoms with Crippen LogP contribution in [0.1, 0.15) is 41.0 Å². The zero-order chi connectivity index (χ0) is 25.3. The second-order valence-electron chi connectivity index (χ2n) is 9.81. The number of aromatic nitrogens is 3. The molecule has 0 amide bonds. The number of hydrogen-bond acceptors (Lipinski definition) is 9. The summed E-state index contributed by atoms with van der Waals surface area (Å²) in [4.78, 5) is 15.7. The molecule has 0 saturated heterocycles. The number of nitrogens with zero attached hydrogens (tertiary/aromatic N) is 5. The number of benzene rings is 1. The van der Waals surface area contributed by atoms with Gasteiger partial charge in [-0.1, -0.05) is 6.07 Å². The van der Waals surface area contributed by atoms with Crippen molar-refractivity contribution >= 4 is 35.8 Å². The molecule has 36 heavy (non-hydrogen) atoms. The fraction of sp³-hybridized carbons (Fsp3) is 0.385. The average molecular weight is 504 g/mol. The van der Waals surface area contributed by atoms with E-state index in [-0.39, 0.29) is 12.2 Å². The minimum absolute atomic E-state index is 0.160. The molecule has 1 atom stereocenters. The van der Waals surface area contributed by atoms with Gasteiger partial charge in [0.05, 0.1) is 12.8 Å². The third-order valence-electron chi connectivity index (χ3n) is 6.75. The van der Waals surface area contributed by atoms with Crippen LogP contribution in [0, 0.1) is 11.3 Å². The highest BCUT2D eigenvalue weighted by Crippen LogP contribution is 2.40. The molecule has 0 fully saturated rings. The summed E-state index contributed by atoms with van der Waals surface area (Å²) < 4.78 is 12.4. The van der Waals surface area contributed by atoms with Crippen LogP contribution < -0.4 is 16.1 Å². The lowest BCUT2D eigenvalue weighted by atomic mass is 9.77. The maximum atomic E-state index is 12.4. The predicted molar refractivity (Wildman–Crippen MR) is 141 cm³/mol. The van der Waals surface area contributed by atoms with E-state index in [0.29, 0.717) is 35.5 Å². The number of aryl methyl sites for hydroxylation is 1. The lowest BCUT2D eigenvalue weighted by molar-refractivity contribution is 0.167. The van der Waals surface area contributed by atoms with Crippen molar-refractivity contribution in [2.75, 3.05) is 43.7 Å². The Kier molecular flexibility index (Phi) is 6.76. The molecule has 2 aliphatic rings. The summed E-state index contributed by atoms with van der Waals surface area (Å²) >= 11 is 0. The number of aliphatic hydroxyl groups excluding tert-OH is 1.